The van der Waals surface area contributed by atoms with Crippen molar-refractivity contribution in [3.05, 3.63) is 222 Å². The minimum Gasteiger partial charge on any atom is -0.361 e. The smallest absolute Gasteiger partial charge is 0.0742 e. The molecule has 2 heteroatoms. The van der Waals surface area contributed by atoms with Gasteiger partial charge in [-0.05, 0) is 145 Å². The van der Waals surface area contributed by atoms with Crippen LogP contribution in [0.1, 0.15) is 33.4 Å². The van der Waals surface area contributed by atoms with Crippen LogP contribution in [0.4, 0.5) is 0 Å². The predicted octanol–water partition coefficient (Wildman–Crippen LogP) is 14.7. The lowest BCUT2D eigenvalue weighted by Crippen LogP contribution is -2.25. The summed E-state index contributed by atoms with van der Waals surface area (Å²) in [6.45, 7) is 4.41. The quantitative estimate of drug-likeness (QED) is 0.174. The van der Waals surface area contributed by atoms with Crippen LogP contribution in [0.5, 0.6) is 0 Å². The van der Waals surface area contributed by atoms with E-state index in [1.165, 1.54) is 127 Å². The Hall–Kier alpha value is -7.42. The van der Waals surface area contributed by atoms with E-state index in [0.717, 1.165) is 0 Å². The van der Waals surface area contributed by atoms with Crippen LogP contribution in [0.25, 0.3) is 93.7 Å². The third kappa shape index (κ3) is 4.25. The fraction of sp³-hybridized carbons (Fsp3) is 0.0526. The highest BCUT2D eigenvalue weighted by Gasteiger charge is 2.52. The molecule has 0 saturated heterocycles. The lowest BCUT2D eigenvalue weighted by molar-refractivity contribution is 0.796. The van der Waals surface area contributed by atoms with E-state index < -0.39 is 5.41 Å². The molecule has 9 aromatic carbocycles. The third-order valence-corrected chi connectivity index (χ3v) is 13.4. The van der Waals surface area contributed by atoms with Gasteiger partial charge in [0.15, 0.2) is 0 Å². The summed E-state index contributed by atoms with van der Waals surface area (Å²) < 4.78 is 2.50. The van der Waals surface area contributed by atoms with Crippen molar-refractivity contribution in [3.8, 4) is 50.3 Å². The Kier molecular flexibility index (Phi) is 6.54. The summed E-state index contributed by atoms with van der Waals surface area (Å²) in [6, 6.07) is 68.5. The van der Waals surface area contributed by atoms with Crippen LogP contribution in [-0.2, 0) is 5.41 Å². The van der Waals surface area contributed by atoms with Crippen LogP contribution in [0.3, 0.4) is 0 Å². The van der Waals surface area contributed by atoms with Crippen molar-refractivity contribution in [1.29, 1.82) is 0 Å². The summed E-state index contributed by atoms with van der Waals surface area (Å²) in [5.41, 5.74) is 21.1. The first-order chi connectivity index (χ1) is 29.1. The molecule has 1 unspecified atom stereocenters. The van der Waals surface area contributed by atoms with Crippen LogP contribution < -0.4 is 0 Å². The lowest BCUT2D eigenvalue weighted by atomic mass is 9.70. The molecule has 13 rings (SSSR count). The first kappa shape index (κ1) is 32.6. The highest BCUT2D eigenvalue weighted by molar-refractivity contribution is 6.21. The molecule has 2 nitrogen and oxygen atoms in total. The maximum atomic E-state index is 3.73. The Bertz CT molecular complexity index is 3500. The van der Waals surface area contributed by atoms with E-state index in [4.69, 9.17) is 0 Å². The van der Waals surface area contributed by atoms with E-state index in [1.807, 2.05) is 0 Å². The maximum absolute atomic E-state index is 3.73. The Labute approximate surface area is 342 Å². The molecular weight excluding hydrogens is 713 g/mol. The van der Waals surface area contributed by atoms with Crippen molar-refractivity contribution >= 4 is 43.4 Å². The van der Waals surface area contributed by atoms with E-state index in [-0.39, 0.29) is 0 Å². The number of nitrogens with one attached hydrogen (secondary N) is 1. The number of benzene rings is 9. The highest BCUT2D eigenvalue weighted by atomic mass is 15.0. The Balaban J connectivity index is 1.14. The molecule has 1 N–H and O–H groups in total. The second-order valence-corrected chi connectivity index (χ2v) is 16.6. The number of hydrogen-bond acceptors (Lipinski definition) is 0. The zero-order chi connectivity index (χ0) is 39.0. The molecular formula is C57H38N2. The van der Waals surface area contributed by atoms with E-state index in [9.17, 15) is 0 Å². The maximum Gasteiger partial charge on any atom is 0.0742 e. The molecule has 0 saturated carbocycles. The first-order valence-electron chi connectivity index (χ1n) is 20.7. The van der Waals surface area contributed by atoms with Gasteiger partial charge in [0.25, 0.3) is 0 Å². The molecule has 0 bridgehead atoms. The second-order valence-electron chi connectivity index (χ2n) is 16.6. The fourth-order valence-corrected chi connectivity index (χ4v) is 11.3. The number of nitrogens with zero attached hydrogens (tertiary/aromatic N) is 1. The van der Waals surface area contributed by atoms with Crippen molar-refractivity contribution < 1.29 is 0 Å². The molecule has 11 aromatic rings. The molecule has 0 radical (unpaired) electrons. The lowest BCUT2D eigenvalue weighted by Gasteiger charge is -2.30. The summed E-state index contributed by atoms with van der Waals surface area (Å²) in [7, 11) is 0. The van der Waals surface area contributed by atoms with Gasteiger partial charge in [0.1, 0.15) is 0 Å². The highest BCUT2D eigenvalue weighted by Crippen LogP contribution is 2.64. The summed E-state index contributed by atoms with van der Waals surface area (Å²) in [6.07, 6.45) is 2.14. The third-order valence-electron chi connectivity index (χ3n) is 13.4. The largest absolute Gasteiger partial charge is 0.361 e. The molecule has 276 valence electrons. The number of fused-ring (bicyclic) bond motifs is 15. The zero-order valence-electron chi connectivity index (χ0n) is 32.8. The van der Waals surface area contributed by atoms with Gasteiger partial charge in [0.05, 0.1) is 22.1 Å². The Morgan fingerprint density at radius 2 is 1.00 bits per heavy atom. The summed E-state index contributed by atoms with van der Waals surface area (Å²) in [4.78, 5) is 3.73. The Morgan fingerprint density at radius 3 is 1.73 bits per heavy atom. The number of aryl methyl sites for hydroxylation is 2. The number of aromatic amines is 1. The van der Waals surface area contributed by atoms with E-state index in [1.54, 1.807) is 0 Å². The first-order valence-corrected chi connectivity index (χ1v) is 20.7. The van der Waals surface area contributed by atoms with Crippen LogP contribution >= 0.6 is 0 Å². The minimum absolute atomic E-state index is 0.514. The second kappa shape index (κ2) is 11.8. The molecule has 2 heterocycles. The summed E-state index contributed by atoms with van der Waals surface area (Å²) in [5.74, 6) is 0. The van der Waals surface area contributed by atoms with Gasteiger partial charge in [-0.15, -0.1) is 0 Å². The predicted molar refractivity (Wildman–Crippen MR) is 247 cm³/mol. The van der Waals surface area contributed by atoms with E-state index in [2.05, 4.69) is 212 Å². The van der Waals surface area contributed by atoms with Gasteiger partial charge < -0.3 is 9.55 Å². The number of aromatic nitrogens is 2. The summed E-state index contributed by atoms with van der Waals surface area (Å²) in [5, 5.41) is 7.63. The van der Waals surface area contributed by atoms with Crippen molar-refractivity contribution in [2.75, 3.05) is 0 Å². The minimum atomic E-state index is -0.514. The average molecular weight is 751 g/mol. The average Bonchev–Trinajstić information content (AvgIpc) is 4.02. The monoisotopic (exact) mass is 750 g/mol. The molecule has 1 spiro atoms. The molecule has 0 fully saturated rings. The number of hydrogen-bond donors (Lipinski definition) is 1. The van der Waals surface area contributed by atoms with Gasteiger partial charge in [-0.1, -0.05) is 140 Å². The molecule has 0 aliphatic heterocycles. The standard InChI is InChI=1S/C57H38N2/c1-34-28-35(2)30-38(29-34)59-52-23-13-11-17-40(52)47-32-46-39-16-10-12-22-48(39)57(51(46)33-53(47)59)49-26-27-58-56(49)45-25-24-37(31-50(45)57)55-43-20-8-6-18-41(43)54(36-14-4-3-5-15-36)42-19-7-9-21-44(42)55/h3-33,58H,1-2H3. The SMILES string of the molecule is Cc1cc(C)cc(-n2c3ccccc3c3cc4c(cc32)C2(c3ccccc3-4)c3cc(-c4c5ccccc5c(-c5ccccc5)c5ccccc45)ccc3-c3[nH]ccc32)c1. The van der Waals surface area contributed by atoms with Gasteiger partial charge >= 0.3 is 0 Å². The topological polar surface area (TPSA) is 20.7 Å². The molecule has 2 aliphatic rings. The molecule has 1 atom stereocenters. The van der Waals surface area contributed by atoms with Gasteiger partial charge in [-0.2, -0.15) is 0 Å². The van der Waals surface area contributed by atoms with Gasteiger partial charge in [0.2, 0.25) is 0 Å². The fourth-order valence-electron chi connectivity index (χ4n) is 11.3. The van der Waals surface area contributed by atoms with Crippen LogP contribution in [0.15, 0.2) is 188 Å². The molecule has 2 aromatic heterocycles. The van der Waals surface area contributed by atoms with Crippen molar-refractivity contribution in [2.24, 2.45) is 0 Å². The molecule has 0 amide bonds. The van der Waals surface area contributed by atoms with Crippen LogP contribution in [0.2, 0.25) is 0 Å². The Morgan fingerprint density at radius 1 is 0.390 bits per heavy atom. The van der Waals surface area contributed by atoms with Gasteiger partial charge in [0, 0.05) is 28.2 Å². The van der Waals surface area contributed by atoms with Gasteiger partial charge in [-0.3, -0.25) is 0 Å². The van der Waals surface area contributed by atoms with Crippen molar-refractivity contribution in [3.63, 3.8) is 0 Å². The van der Waals surface area contributed by atoms with Crippen molar-refractivity contribution in [2.45, 2.75) is 19.3 Å². The van der Waals surface area contributed by atoms with Crippen LogP contribution in [-0.4, -0.2) is 9.55 Å². The number of rotatable bonds is 3. The van der Waals surface area contributed by atoms with E-state index in [0.29, 0.717) is 0 Å². The molecule has 59 heavy (non-hydrogen) atoms. The number of H-pyrrole nitrogens is 1. The van der Waals surface area contributed by atoms with E-state index >= 15 is 0 Å². The zero-order valence-corrected chi connectivity index (χ0v) is 32.8. The normalized spacial score (nSPS) is 15.0. The van der Waals surface area contributed by atoms with Gasteiger partial charge in [-0.25, -0.2) is 0 Å². The number of para-hydroxylation sites is 1. The molecule has 2 aliphatic carbocycles. The van der Waals surface area contributed by atoms with Crippen LogP contribution in [0, 0.1) is 13.8 Å². The van der Waals surface area contributed by atoms with Crippen molar-refractivity contribution in [1.82, 2.24) is 9.55 Å². The summed E-state index contributed by atoms with van der Waals surface area (Å²) >= 11 is 0.